The standard InChI is InChI=1S/C14H19N3O4S/c1-16(2)11(18)8-21-14(20)10-6-5-7-15-13(10)22-9-12(19)17(3)4/h5-7H,8-9H2,1-4H3. The number of amides is 2. The molecule has 22 heavy (non-hydrogen) atoms. The Labute approximate surface area is 133 Å². The minimum atomic E-state index is -0.636. The van der Waals surface area contributed by atoms with Gasteiger partial charge >= 0.3 is 5.97 Å². The molecule has 0 atom stereocenters. The minimum Gasteiger partial charge on any atom is -0.452 e. The van der Waals surface area contributed by atoms with E-state index in [1.807, 2.05) is 0 Å². The summed E-state index contributed by atoms with van der Waals surface area (Å²) >= 11 is 1.15. The van der Waals surface area contributed by atoms with Crippen LogP contribution in [-0.2, 0) is 14.3 Å². The maximum absolute atomic E-state index is 12.0. The topological polar surface area (TPSA) is 79.8 Å². The highest BCUT2D eigenvalue weighted by Crippen LogP contribution is 2.21. The summed E-state index contributed by atoms with van der Waals surface area (Å²) in [6, 6.07) is 3.15. The Morgan fingerprint density at radius 3 is 2.36 bits per heavy atom. The minimum absolute atomic E-state index is 0.0854. The Bertz CT molecular complexity index is 561. The number of likely N-dealkylation sites (N-methyl/N-ethyl adjacent to an activating group) is 1. The van der Waals surface area contributed by atoms with Gasteiger partial charge in [-0.25, -0.2) is 9.78 Å². The van der Waals surface area contributed by atoms with Crippen LogP contribution in [0.15, 0.2) is 23.4 Å². The van der Waals surface area contributed by atoms with E-state index in [0.717, 1.165) is 11.8 Å². The van der Waals surface area contributed by atoms with E-state index < -0.39 is 5.97 Å². The molecule has 2 amide bonds. The van der Waals surface area contributed by atoms with Crippen molar-refractivity contribution in [1.29, 1.82) is 0 Å². The molecule has 0 N–H and O–H groups in total. The van der Waals surface area contributed by atoms with E-state index >= 15 is 0 Å². The molecule has 0 aliphatic rings. The fourth-order valence-corrected chi connectivity index (χ4v) is 2.22. The largest absolute Gasteiger partial charge is 0.452 e. The van der Waals surface area contributed by atoms with Crippen molar-refractivity contribution in [3.05, 3.63) is 23.9 Å². The van der Waals surface area contributed by atoms with Gasteiger partial charge in [0.15, 0.2) is 6.61 Å². The summed E-state index contributed by atoms with van der Waals surface area (Å²) in [4.78, 5) is 41.9. The van der Waals surface area contributed by atoms with Crippen LogP contribution in [0.2, 0.25) is 0 Å². The first kappa shape index (κ1) is 18.0. The van der Waals surface area contributed by atoms with Gasteiger partial charge in [-0.05, 0) is 12.1 Å². The predicted molar refractivity (Wildman–Crippen MR) is 82.6 cm³/mol. The van der Waals surface area contributed by atoms with Crippen LogP contribution in [0.4, 0.5) is 0 Å². The number of ether oxygens (including phenoxy) is 1. The van der Waals surface area contributed by atoms with Gasteiger partial charge in [-0.3, -0.25) is 9.59 Å². The molecule has 120 valence electrons. The fraction of sp³-hybridized carbons (Fsp3) is 0.429. The van der Waals surface area contributed by atoms with Gasteiger partial charge in [0.2, 0.25) is 5.91 Å². The van der Waals surface area contributed by atoms with Gasteiger partial charge in [0, 0.05) is 34.4 Å². The molecule has 1 aromatic heterocycles. The van der Waals surface area contributed by atoms with E-state index in [2.05, 4.69) is 4.98 Å². The average Bonchev–Trinajstić information content (AvgIpc) is 2.49. The highest BCUT2D eigenvalue weighted by Gasteiger charge is 2.17. The number of pyridine rings is 1. The van der Waals surface area contributed by atoms with Crippen molar-refractivity contribution in [2.75, 3.05) is 40.6 Å². The monoisotopic (exact) mass is 325 g/mol. The molecule has 0 spiro atoms. The summed E-state index contributed by atoms with van der Waals surface area (Å²) in [7, 11) is 6.47. The lowest BCUT2D eigenvalue weighted by Gasteiger charge is -2.12. The van der Waals surface area contributed by atoms with Crippen molar-refractivity contribution >= 4 is 29.5 Å². The second-order valence-corrected chi connectivity index (χ2v) is 5.76. The predicted octanol–water partition coefficient (Wildman–Crippen LogP) is 0.507. The molecule has 1 heterocycles. The summed E-state index contributed by atoms with van der Waals surface area (Å²) in [5.74, 6) is -0.865. The smallest absolute Gasteiger partial charge is 0.341 e. The fourth-order valence-electron chi connectivity index (χ4n) is 1.25. The Hall–Kier alpha value is -2.09. The maximum atomic E-state index is 12.0. The number of hydrogen-bond donors (Lipinski definition) is 0. The van der Waals surface area contributed by atoms with Gasteiger partial charge in [-0.15, -0.1) is 0 Å². The van der Waals surface area contributed by atoms with Crippen molar-refractivity contribution in [1.82, 2.24) is 14.8 Å². The van der Waals surface area contributed by atoms with Gasteiger partial charge in [0.25, 0.3) is 5.91 Å². The van der Waals surface area contributed by atoms with Crippen LogP contribution >= 0.6 is 11.8 Å². The summed E-state index contributed by atoms with van der Waals surface area (Å²) in [5, 5.41) is 0.403. The molecule has 0 fully saturated rings. The van der Waals surface area contributed by atoms with Gasteiger partial charge in [0.05, 0.1) is 11.3 Å². The van der Waals surface area contributed by atoms with E-state index in [1.165, 1.54) is 16.0 Å². The van der Waals surface area contributed by atoms with Gasteiger partial charge in [-0.2, -0.15) is 0 Å². The van der Waals surface area contributed by atoms with Crippen molar-refractivity contribution in [3.8, 4) is 0 Å². The molecule has 1 rings (SSSR count). The zero-order chi connectivity index (χ0) is 16.7. The molecule has 1 aromatic rings. The summed E-state index contributed by atoms with van der Waals surface area (Å²) < 4.78 is 4.97. The van der Waals surface area contributed by atoms with Crippen molar-refractivity contribution < 1.29 is 19.1 Å². The Balaban J connectivity index is 2.72. The molecule has 0 aromatic carbocycles. The lowest BCUT2D eigenvalue weighted by Crippen LogP contribution is -2.27. The SMILES string of the molecule is CN(C)C(=O)COC(=O)c1cccnc1SCC(=O)N(C)C. The number of carbonyl (C=O) groups is 3. The quantitative estimate of drug-likeness (QED) is 0.560. The molecule has 0 saturated heterocycles. The third kappa shape index (κ3) is 5.36. The number of carbonyl (C=O) groups excluding carboxylic acids is 3. The van der Waals surface area contributed by atoms with Crippen LogP contribution in [0.25, 0.3) is 0 Å². The van der Waals surface area contributed by atoms with Crippen LogP contribution in [0.5, 0.6) is 0 Å². The number of rotatable bonds is 6. The van der Waals surface area contributed by atoms with Gasteiger partial charge in [0.1, 0.15) is 5.03 Å². The van der Waals surface area contributed by atoms with Crippen LogP contribution in [-0.4, -0.2) is 73.1 Å². The Kier molecular flexibility index (Phi) is 6.84. The van der Waals surface area contributed by atoms with E-state index in [1.54, 1.807) is 40.3 Å². The number of esters is 1. The zero-order valence-corrected chi connectivity index (χ0v) is 13.8. The van der Waals surface area contributed by atoms with E-state index in [-0.39, 0.29) is 29.7 Å². The lowest BCUT2D eigenvalue weighted by atomic mass is 10.3. The van der Waals surface area contributed by atoms with Crippen molar-refractivity contribution in [2.45, 2.75) is 5.03 Å². The molecule has 0 bridgehead atoms. The van der Waals surface area contributed by atoms with Gasteiger partial charge in [-0.1, -0.05) is 11.8 Å². The third-order valence-corrected chi connectivity index (χ3v) is 3.64. The molecule has 7 nitrogen and oxygen atoms in total. The number of nitrogens with zero attached hydrogens (tertiary/aromatic N) is 3. The Morgan fingerprint density at radius 2 is 1.77 bits per heavy atom. The second-order valence-electron chi connectivity index (χ2n) is 4.80. The Morgan fingerprint density at radius 1 is 1.14 bits per heavy atom. The first-order valence-electron chi connectivity index (χ1n) is 6.48. The van der Waals surface area contributed by atoms with Crippen molar-refractivity contribution in [3.63, 3.8) is 0 Å². The van der Waals surface area contributed by atoms with Crippen LogP contribution in [0, 0.1) is 0 Å². The van der Waals surface area contributed by atoms with Crippen LogP contribution in [0.1, 0.15) is 10.4 Å². The zero-order valence-electron chi connectivity index (χ0n) is 13.0. The van der Waals surface area contributed by atoms with E-state index in [0.29, 0.717) is 5.03 Å². The summed E-state index contributed by atoms with van der Waals surface area (Å²) in [5.41, 5.74) is 0.241. The molecule has 0 aliphatic heterocycles. The highest BCUT2D eigenvalue weighted by atomic mass is 32.2. The van der Waals surface area contributed by atoms with Crippen molar-refractivity contribution in [2.24, 2.45) is 0 Å². The average molecular weight is 325 g/mol. The molecular weight excluding hydrogens is 306 g/mol. The highest BCUT2D eigenvalue weighted by molar-refractivity contribution is 8.00. The lowest BCUT2D eigenvalue weighted by molar-refractivity contribution is -0.132. The van der Waals surface area contributed by atoms with Crippen LogP contribution in [0.3, 0.4) is 0 Å². The normalized spacial score (nSPS) is 10.0. The number of aromatic nitrogens is 1. The maximum Gasteiger partial charge on any atom is 0.341 e. The summed E-state index contributed by atoms with van der Waals surface area (Å²) in [6.07, 6.45) is 1.53. The summed E-state index contributed by atoms with van der Waals surface area (Å²) in [6.45, 7) is -0.332. The first-order chi connectivity index (χ1) is 10.3. The first-order valence-corrected chi connectivity index (χ1v) is 7.46. The van der Waals surface area contributed by atoms with Gasteiger partial charge < -0.3 is 14.5 Å². The third-order valence-electron chi connectivity index (χ3n) is 2.65. The molecular formula is C14H19N3O4S. The number of thioether (sulfide) groups is 1. The molecule has 0 saturated carbocycles. The molecule has 0 unspecified atom stereocenters. The molecule has 0 radical (unpaired) electrons. The number of hydrogen-bond acceptors (Lipinski definition) is 6. The van der Waals surface area contributed by atoms with Crippen LogP contribution < -0.4 is 0 Å². The second kappa shape index (κ2) is 8.38. The van der Waals surface area contributed by atoms with E-state index in [4.69, 9.17) is 4.74 Å². The van der Waals surface area contributed by atoms with E-state index in [9.17, 15) is 14.4 Å². The molecule has 8 heteroatoms. The molecule has 0 aliphatic carbocycles.